The number of primary amides is 1. The molecule has 1 aromatic rings. The molecule has 124 valence electrons. The van der Waals surface area contributed by atoms with Gasteiger partial charge in [-0.05, 0) is 50.1 Å². The molecule has 0 heterocycles. The first-order valence-electron chi connectivity index (χ1n) is 7.15. The van der Waals surface area contributed by atoms with E-state index in [0.29, 0.717) is 30.7 Å². The van der Waals surface area contributed by atoms with Crippen LogP contribution in [0.1, 0.15) is 41.6 Å². The second kappa shape index (κ2) is 9.46. The normalized spacial score (nSPS) is 11.1. The molecule has 0 bridgehead atoms. The summed E-state index contributed by atoms with van der Waals surface area (Å²) >= 11 is 0. The standard InChI is InChI=1S/C16H21N3O4/c1-2-3-9-23-11-6-7-12(15(18)20)14(10-11)13(5-4-8-17)16(21)19-22/h6-7,10,13,22H,4-5,8-9,17H2,1H3,(H2,18,20)(H,19,21)/t13-/m0/s1. The quantitative estimate of drug-likeness (QED) is 0.315. The van der Waals surface area contributed by atoms with Gasteiger partial charge in [0, 0.05) is 5.56 Å². The summed E-state index contributed by atoms with van der Waals surface area (Å²) in [6, 6.07) is 4.64. The topological polar surface area (TPSA) is 128 Å². The van der Waals surface area contributed by atoms with Crippen LogP contribution < -0.4 is 21.7 Å². The second-order valence-corrected chi connectivity index (χ2v) is 4.79. The van der Waals surface area contributed by atoms with Crippen molar-refractivity contribution in [3.05, 3.63) is 29.3 Å². The summed E-state index contributed by atoms with van der Waals surface area (Å²) in [5.41, 5.74) is 13.1. The maximum Gasteiger partial charge on any atom is 0.250 e. The molecule has 0 aromatic heterocycles. The van der Waals surface area contributed by atoms with Crippen LogP contribution in [0.5, 0.6) is 5.75 Å². The molecule has 23 heavy (non-hydrogen) atoms. The first-order valence-corrected chi connectivity index (χ1v) is 7.15. The summed E-state index contributed by atoms with van der Waals surface area (Å²) in [6.45, 7) is 2.26. The zero-order chi connectivity index (χ0) is 17.2. The van der Waals surface area contributed by atoms with Gasteiger partial charge in [-0.25, -0.2) is 5.48 Å². The summed E-state index contributed by atoms with van der Waals surface area (Å²) in [5.74, 6) is 3.85. The molecule has 1 atom stereocenters. The van der Waals surface area contributed by atoms with E-state index in [1.807, 2.05) is 0 Å². The third-order valence-corrected chi connectivity index (χ3v) is 3.28. The summed E-state index contributed by atoms with van der Waals surface area (Å²) in [7, 11) is 0. The Morgan fingerprint density at radius 2 is 2.17 bits per heavy atom. The van der Waals surface area contributed by atoms with Gasteiger partial charge in [0.25, 0.3) is 5.91 Å². The average molecular weight is 319 g/mol. The lowest BCUT2D eigenvalue weighted by Gasteiger charge is -2.18. The van der Waals surface area contributed by atoms with E-state index >= 15 is 0 Å². The van der Waals surface area contributed by atoms with E-state index in [2.05, 4.69) is 11.8 Å². The Labute approximate surface area is 134 Å². The molecule has 0 radical (unpaired) electrons. The van der Waals surface area contributed by atoms with Gasteiger partial charge in [0.15, 0.2) is 0 Å². The molecule has 2 amide bonds. The number of hydroxylamine groups is 1. The molecule has 0 saturated carbocycles. The zero-order valence-electron chi connectivity index (χ0n) is 13.0. The van der Waals surface area contributed by atoms with Crippen molar-refractivity contribution >= 4 is 11.8 Å². The van der Waals surface area contributed by atoms with Crippen molar-refractivity contribution in [1.29, 1.82) is 0 Å². The Kier molecular flexibility index (Phi) is 7.60. The van der Waals surface area contributed by atoms with E-state index in [0.717, 1.165) is 0 Å². The van der Waals surface area contributed by atoms with Crippen LogP contribution in [0.4, 0.5) is 0 Å². The number of amides is 2. The third kappa shape index (κ3) is 5.29. The van der Waals surface area contributed by atoms with Crippen LogP contribution in [0, 0.1) is 11.8 Å². The molecule has 0 aliphatic rings. The van der Waals surface area contributed by atoms with Crippen molar-refractivity contribution in [3.8, 4) is 17.6 Å². The zero-order valence-corrected chi connectivity index (χ0v) is 13.0. The SMILES string of the molecule is CC#CCOc1ccc(C(N)=O)c([C@H](CCCN)C(=O)NO)c1. The van der Waals surface area contributed by atoms with Gasteiger partial charge in [-0.2, -0.15) is 0 Å². The number of ether oxygens (including phenoxy) is 1. The molecule has 7 heteroatoms. The molecule has 0 fully saturated rings. The van der Waals surface area contributed by atoms with Crippen molar-refractivity contribution in [1.82, 2.24) is 5.48 Å². The van der Waals surface area contributed by atoms with E-state index < -0.39 is 17.7 Å². The highest BCUT2D eigenvalue weighted by molar-refractivity contribution is 5.97. The van der Waals surface area contributed by atoms with E-state index in [-0.39, 0.29) is 12.2 Å². The minimum absolute atomic E-state index is 0.186. The molecule has 0 aliphatic heterocycles. The van der Waals surface area contributed by atoms with Crippen molar-refractivity contribution in [2.24, 2.45) is 11.5 Å². The largest absolute Gasteiger partial charge is 0.481 e. The molecule has 1 rings (SSSR count). The maximum absolute atomic E-state index is 11.9. The van der Waals surface area contributed by atoms with Crippen molar-refractivity contribution in [3.63, 3.8) is 0 Å². The maximum atomic E-state index is 11.9. The first kappa shape index (κ1) is 18.5. The molecule has 0 aliphatic carbocycles. The summed E-state index contributed by atoms with van der Waals surface area (Å²) in [4.78, 5) is 23.6. The molecule has 1 aromatic carbocycles. The Bertz CT molecular complexity index is 619. The van der Waals surface area contributed by atoms with E-state index in [4.69, 9.17) is 21.4 Å². The van der Waals surface area contributed by atoms with Crippen LogP contribution in [-0.4, -0.2) is 30.2 Å². The van der Waals surface area contributed by atoms with Gasteiger partial charge in [0.2, 0.25) is 5.91 Å². The predicted molar refractivity (Wildman–Crippen MR) is 84.9 cm³/mol. The van der Waals surface area contributed by atoms with Gasteiger partial charge in [-0.1, -0.05) is 5.92 Å². The number of carbonyl (C=O) groups excluding carboxylic acids is 2. The van der Waals surface area contributed by atoms with E-state index in [1.165, 1.54) is 6.07 Å². The minimum Gasteiger partial charge on any atom is -0.481 e. The van der Waals surface area contributed by atoms with Crippen LogP contribution in [0.3, 0.4) is 0 Å². The van der Waals surface area contributed by atoms with Crippen molar-refractivity contribution < 1.29 is 19.5 Å². The van der Waals surface area contributed by atoms with Crippen LogP contribution in [0.2, 0.25) is 0 Å². The lowest BCUT2D eigenvalue weighted by Crippen LogP contribution is -2.29. The van der Waals surface area contributed by atoms with Gasteiger partial charge in [-0.3, -0.25) is 14.8 Å². The molecular weight excluding hydrogens is 298 g/mol. The monoisotopic (exact) mass is 319 g/mol. The predicted octanol–water partition coefficient (Wildman–Crippen LogP) is 0.516. The molecular formula is C16H21N3O4. The minimum atomic E-state index is -0.758. The molecule has 6 N–H and O–H groups in total. The van der Waals surface area contributed by atoms with Crippen molar-refractivity contribution in [2.45, 2.75) is 25.7 Å². The van der Waals surface area contributed by atoms with Crippen LogP contribution in [0.15, 0.2) is 18.2 Å². The number of carbonyl (C=O) groups is 2. The van der Waals surface area contributed by atoms with Crippen LogP contribution in [-0.2, 0) is 4.79 Å². The fraction of sp³-hybridized carbons (Fsp3) is 0.375. The summed E-state index contributed by atoms with van der Waals surface area (Å²) < 4.78 is 5.45. The van der Waals surface area contributed by atoms with E-state index in [9.17, 15) is 9.59 Å². The number of rotatable bonds is 8. The third-order valence-electron chi connectivity index (χ3n) is 3.28. The molecule has 0 unspecified atom stereocenters. The van der Waals surface area contributed by atoms with Gasteiger partial charge in [0.1, 0.15) is 12.4 Å². The van der Waals surface area contributed by atoms with Crippen molar-refractivity contribution in [2.75, 3.05) is 13.2 Å². The number of hydrogen-bond donors (Lipinski definition) is 4. The Morgan fingerprint density at radius 3 is 2.74 bits per heavy atom. The lowest BCUT2D eigenvalue weighted by atomic mass is 9.89. The summed E-state index contributed by atoms with van der Waals surface area (Å²) in [5, 5.41) is 8.94. The Balaban J connectivity index is 3.22. The number of hydrogen-bond acceptors (Lipinski definition) is 5. The van der Waals surface area contributed by atoms with Gasteiger partial charge in [0.05, 0.1) is 5.92 Å². The fourth-order valence-electron chi connectivity index (χ4n) is 2.16. The van der Waals surface area contributed by atoms with Gasteiger partial charge in [-0.15, -0.1) is 5.92 Å². The number of benzene rings is 1. The average Bonchev–Trinajstić information content (AvgIpc) is 2.55. The molecule has 0 saturated heterocycles. The fourth-order valence-corrected chi connectivity index (χ4v) is 2.16. The highest BCUT2D eigenvalue weighted by Crippen LogP contribution is 2.28. The first-order chi connectivity index (χ1) is 11.0. The van der Waals surface area contributed by atoms with E-state index in [1.54, 1.807) is 24.5 Å². The number of nitrogens with two attached hydrogens (primary N) is 2. The van der Waals surface area contributed by atoms with Gasteiger partial charge < -0.3 is 16.2 Å². The Hall–Kier alpha value is -2.56. The highest BCUT2D eigenvalue weighted by atomic mass is 16.5. The second-order valence-electron chi connectivity index (χ2n) is 4.79. The summed E-state index contributed by atoms with van der Waals surface area (Å²) in [6.07, 6.45) is 0.907. The Morgan fingerprint density at radius 1 is 1.43 bits per heavy atom. The molecule has 0 spiro atoms. The smallest absolute Gasteiger partial charge is 0.250 e. The highest BCUT2D eigenvalue weighted by Gasteiger charge is 2.25. The van der Waals surface area contributed by atoms with Crippen LogP contribution >= 0.6 is 0 Å². The molecule has 7 nitrogen and oxygen atoms in total. The lowest BCUT2D eigenvalue weighted by molar-refractivity contribution is -0.130. The van der Waals surface area contributed by atoms with Gasteiger partial charge >= 0.3 is 0 Å². The number of nitrogens with one attached hydrogen (secondary N) is 1. The van der Waals surface area contributed by atoms with Crippen LogP contribution in [0.25, 0.3) is 0 Å².